The van der Waals surface area contributed by atoms with Gasteiger partial charge in [-0.3, -0.25) is 9.59 Å². The highest BCUT2D eigenvalue weighted by Crippen LogP contribution is 2.30. The fraction of sp³-hybridized carbons (Fsp3) is 0.800. The van der Waals surface area contributed by atoms with Crippen LogP contribution in [0.2, 0.25) is 0 Å². The summed E-state index contributed by atoms with van der Waals surface area (Å²) in [6, 6.07) is 0. The first-order valence-corrected chi connectivity index (χ1v) is 4.92. The molecular weight excluding hydrogens is 200 g/mol. The first kappa shape index (κ1) is 12.0. The predicted octanol–water partition coefficient (Wildman–Crippen LogP) is 0.110. The second-order valence-corrected chi connectivity index (χ2v) is 3.80. The van der Waals surface area contributed by atoms with Crippen molar-refractivity contribution in [2.24, 2.45) is 11.8 Å². The molecule has 5 nitrogen and oxygen atoms in total. The number of aliphatic hydroxyl groups excluding tert-OH is 1. The van der Waals surface area contributed by atoms with Crippen molar-refractivity contribution in [3.63, 3.8) is 0 Å². The van der Waals surface area contributed by atoms with Gasteiger partial charge in [-0.2, -0.15) is 0 Å². The molecule has 1 aliphatic rings. The highest BCUT2D eigenvalue weighted by Gasteiger charge is 2.36. The van der Waals surface area contributed by atoms with Gasteiger partial charge in [0.2, 0.25) is 0 Å². The van der Waals surface area contributed by atoms with E-state index in [0.29, 0.717) is 19.3 Å². The van der Waals surface area contributed by atoms with E-state index < -0.39 is 17.9 Å². The van der Waals surface area contributed by atoms with E-state index >= 15 is 0 Å². The Kier molecular flexibility index (Phi) is 4.08. The van der Waals surface area contributed by atoms with Crippen LogP contribution in [0.25, 0.3) is 0 Å². The summed E-state index contributed by atoms with van der Waals surface area (Å²) in [4.78, 5) is 22.6. The number of carbonyl (C=O) groups is 2. The van der Waals surface area contributed by atoms with Gasteiger partial charge in [0.15, 0.2) is 0 Å². The van der Waals surface area contributed by atoms with E-state index in [0.717, 1.165) is 0 Å². The Balaban J connectivity index is 2.63. The zero-order valence-electron chi connectivity index (χ0n) is 8.93. The largest absolute Gasteiger partial charge is 0.469 e. The summed E-state index contributed by atoms with van der Waals surface area (Å²) in [5.41, 5.74) is 0. The molecule has 1 rings (SSSR count). The fourth-order valence-electron chi connectivity index (χ4n) is 2.01. The van der Waals surface area contributed by atoms with Crippen LogP contribution in [0.3, 0.4) is 0 Å². The smallest absolute Gasteiger partial charge is 0.308 e. The molecule has 0 aromatic rings. The topological polar surface area (TPSA) is 72.8 Å². The van der Waals surface area contributed by atoms with Gasteiger partial charge in [0.1, 0.15) is 0 Å². The van der Waals surface area contributed by atoms with E-state index in [1.54, 1.807) is 0 Å². The van der Waals surface area contributed by atoms with Crippen molar-refractivity contribution in [1.82, 2.24) is 0 Å². The molecule has 0 spiro atoms. The maximum atomic E-state index is 11.3. The molecule has 1 N–H and O–H groups in total. The molecule has 5 heteroatoms. The lowest BCUT2D eigenvalue weighted by molar-refractivity contribution is -0.154. The molecule has 0 aliphatic heterocycles. The SMILES string of the molecule is COC(=O)[C@@H]1CC(O)C[C@H](C(=O)OC)C1. The molecule has 0 amide bonds. The molecular formula is C10H16O5. The van der Waals surface area contributed by atoms with Crippen molar-refractivity contribution in [3.05, 3.63) is 0 Å². The number of ether oxygens (including phenoxy) is 2. The van der Waals surface area contributed by atoms with Crippen molar-refractivity contribution in [1.29, 1.82) is 0 Å². The summed E-state index contributed by atoms with van der Waals surface area (Å²) < 4.78 is 9.20. The summed E-state index contributed by atoms with van der Waals surface area (Å²) in [7, 11) is 2.60. The van der Waals surface area contributed by atoms with Crippen LogP contribution < -0.4 is 0 Å². The first-order valence-electron chi connectivity index (χ1n) is 4.92. The molecule has 1 aliphatic carbocycles. The molecule has 0 aromatic heterocycles. The van der Waals surface area contributed by atoms with Gasteiger partial charge in [0.25, 0.3) is 0 Å². The van der Waals surface area contributed by atoms with Crippen molar-refractivity contribution < 1.29 is 24.2 Å². The van der Waals surface area contributed by atoms with E-state index in [9.17, 15) is 14.7 Å². The molecule has 1 saturated carbocycles. The molecule has 0 bridgehead atoms. The number of hydrogen-bond acceptors (Lipinski definition) is 5. The second-order valence-electron chi connectivity index (χ2n) is 3.80. The molecule has 0 radical (unpaired) electrons. The quantitative estimate of drug-likeness (QED) is 0.663. The van der Waals surface area contributed by atoms with Gasteiger partial charge in [-0.25, -0.2) is 0 Å². The third kappa shape index (κ3) is 2.92. The van der Waals surface area contributed by atoms with Crippen LogP contribution in [-0.2, 0) is 19.1 Å². The van der Waals surface area contributed by atoms with Gasteiger partial charge in [-0.05, 0) is 19.3 Å². The van der Waals surface area contributed by atoms with Gasteiger partial charge in [0.05, 0.1) is 32.2 Å². The summed E-state index contributed by atoms with van der Waals surface area (Å²) in [5, 5.41) is 9.52. The average molecular weight is 216 g/mol. The number of aliphatic hydroxyl groups is 1. The monoisotopic (exact) mass is 216 g/mol. The Morgan fingerprint density at radius 3 is 1.73 bits per heavy atom. The third-order valence-electron chi connectivity index (χ3n) is 2.75. The van der Waals surface area contributed by atoms with E-state index in [-0.39, 0.29) is 11.9 Å². The predicted molar refractivity (Wildman–Crippen MR) is 50.9 cm³/mol. The molecule has 0 saturated heterocycles. The summed E-state index contributed by atoms with van der Waals surface area (Å²) in [5.74, 6) is -1.55. The molecule has 3 atom stereocenters. The van der Waals surface area contributed by atoms with Crippen LogP contribution in [0.15, 0.2) is 0 Å². The highest BCUT2D eigenvalue weighted by atomic mass is 16.5. The van der Waals surface area contributed by atoms with Gasteiger partial charge in [-0.15, -0.1) is 0 Å². The minimum absolute atomic E-state index is 0.361. The van der Waals surface area contributed by atoms with Crippen molar-refractivity contribution >= 4 is 11.9 Å². The molecule has 0 heterocycles. The Morgan fingerprint density at radius 2 is 1.40 bits per heavy atom. The fourth-order valence-corrected chi connectivity index (χ4v) is 2.01. The summed E-state index contributed by atoms with van der Waals surface area (Å²) >= 11 is 0. The lowest BCUT2D eigenvalue weighted by atomic mass is 9.80. The molecule has 86 valence electrons. The van der Waals surface area contributed by atoms with Gasteiger partial charge < -0.3 is 14.6 Å². The zero-order valence-corrected chi connectivity index (χ0v) is 8.93. The van der Waals surface area contributed by atoms with Crippen molar-refractivity contribution in [2.75, 3.05) is 14.2 Å². The summed E-state index contributed by atoms with van der Waals surface area (Å²) in [6.45, 7) is 0. The van der Waals surface area contributed by atoms with Crippen LogP contribution in [0.4, 0.5) is 0 Å². The van der Waals surface area contributed by atoms with Crippen LogP contribution >= 0.6 is 0 Å². The Bertz CT molecular complexity index is 226. The van der Waals surface area contributed by atoms with Crippen molar-refractivity contribution in [3.8, 4) is 0 Å². The van der Waals surface area contributed by atoms with E-state index in [1.165, 1.54) is 14.2 Å². The van der Waals surface area contributed by atoms with Gasteiger partial charge in [-0.1, -0.05) is 0 Å². The third-order valence-corrected chi connectivity index (χ3v) is 2.75. The number of hydrogen-bond donors (Lipinski definition) is 1. The Morgan fingerprint density at radius 1 is 1.00 bits per heavy atom. The molecule has 1 unspecified atom stereocenters. The maximum Gasteiger partial charge on any atom is 0.308 e. The van der Waals surface area contributed by atoms with Crippen LogP contribution in [0.5, 0.6) is 0 Å². The van der Waals surface area contributed by atoms with Gasteiger partial charge in [0, 0.05) is 0 Å². The van der Waals surface area contributed by atoms with Crippen LogP contribution in [-0.4, -0.2) is 37.4 Å². The van der Waals surface area contributed by atoms with E-state index in [1.807, 2.05) is 0 Å². The molecule has 0 aromatic carbocycles. The number of carbonyl (C=O) groups excluding carboxylic acids is 2. The van der Waals surface area contributed by atoms with Crippen molar-refractivity contribution in [2.45, 2.75) is 25.4 Å². The minimum Gasteiger partial charge on any atom is -0.469 e. The van der Waals surface area contributed by atoms with Crippen LogP contribution in [0, 0.1) is 11.8 Å². The Hall–Kier alpha value is -1.10. The van der Waals surface area contributed by atoms with Crippen LogP contribution in [0.1, 0.15) is 19.3 Å². The highest BCUT2D eigenvalue weighted by molar-refractivity contribution is 5.76. The van der Waals surface area contributed by atoms with E-state index in [2.05, 4.69) is 9.47 Å². The lowest BCUT2D eigenvalue weighted by Crippen LogP contribution is -2.35. The molecule has 15 heavy (non-hydrogen) atoms. The minimum atomic E-state index is -0.632. The first-order chi connectivity index (χ1) is 7.08. The Labute approximate surface area is 88.4 Å². The summed E-state index contributed by atoms with van der Waals surface area (Å²) in [6.07, 6.45) is 0.489. The second kappa shape index (κ2) is 5.11. The maximum absolute atomic E-state index is 11.3. The lowest BCUT2D eigenvalue weighted by Gasteiger charge is -2.29. The number of esters is 2. The standard InChI is InChI=1S/C10H16O5/c1-14-9(12)6-3-7(10(13)15-2)5-8(11)4-6/h6-8,11H,3-5H2,1-2H3/t6-,7+,8?. The zero-order chi connectivity index (χ0) is 11.4. The molecule has 1 fully saturated rings. The average Bonchev–Trinajstić information content (AvgIpc) is 2.26. The normalized spacial score (nSPS) is 30.7. The van der Waals surface area contributed by atoms with E-state index in [4.69, 9.17) is 0 Å². The van der Waals surface area contributed by atoms with Gasteiger partial charge >= 0.3 is 11.9 Å². The number of rotatable bonds is 2. The number of methoxy groups -OCH3 is 2.